The molecule has 0 unspecified atom stereocenters. The van der Waals surface area contributed by atoms with Crippen molar-refractivity contribution in [3.8, 4) is 0 Å². The van der Waals surface area contributed by atoms with E-state index in [0.717, 1.165) is 24.8 Å². The molecule has 0 saturated heterocycles. The van der Waals surface area contributed by atoms with E-state index in [9.17, 15) is 8.42 Å². The van der Waals surface area contributed by atoms with Crippen molar-refractivity contribution < 1.29 is 12.6 Å². The summed E-state index contributed by atoms with van der Waals surface area (Å²) in [6.07, 6.45) is 2.79. The lowest BCUT2D eigenvalue weighted by molar-refractivity contribution is 0.175. The van der Waals surface area contributed by atoms with E-state index in [1.54, 1.807) is 24.3 Å². The third-order valence-corrected chi connectivity index (χ3v) is 4.69. The molecule has 0 amide bonds. The molecule has 1 saturated carbocycles. The third-order valence-electron chi connectivity index (χ3n) is 3.34. The van der Waals surface area contributed by atoms with Gasteiger partial charge in [-0.3, -0.25) is 4.18 Å². The Hall–Kier alpha value is -0.870. The van der Waals surface area contributed by atoms with Crippen LogP contribution in [0.4, 0.5) is 0 Å². The largest absolute Gasteiger partial charge is 0.297 e. The first-order valence-corrected chi connectivity index (χ1v) is 7.40. The monoisotopic (exact) mass is 254 g/mol. The zero-order chi connectivity index (χ0) is 12.5. The standard InChI is InChI=1S/C13H18O3S/c1-10-6-8-12(9-7-10)17(14,15)16-13-5-3-4-11(13)2/h6-9,11,13H,3-5H2,1-2H3/t11-,13+/m0/s1. The van der Waals surface area contributed by atoms with Crippen LogP contribution in [0.5, 0.6) is 0 Å². The summed E-state index contributed by atoms with van der Waals surface area (Å²) >= 11 is 0. The fourth-order valence-electron chi connectivity index (χ4n) is 2.18. The van der Waals surface area contributed by atoms with Crippen molar-refractivity contribution in [1.82, 2.24) is 0 Å². The van der Waals surface area contributed by atoms with E-state index in [4.69, 9.17) is 4.18 Å². The normalized spacial score (nSPS) is 25.1. The first-order chi connectivity index (χ1) is 7.99. The molecule has 4 heteroatoms. The maximum atomic E-state index is 12.0. The molecule has 0 aromatic heterocycles. The summed E-state index contributed by atoms with van der Waals surface area (Å²) in [7, 11) is -3.59. The smallest absolute Gasteiger partial charge is 0.263 e. The Bertz CT molecular complexity index is 476. The second-order valence-electron chi connectivity index (χ2n) is 4.81. The molecule has 0 heterocycles. The van der Waals surface area contributed by atoms with Gasteiger partial charge in [-0.25, -0.2) is 0 Å². The van der Waals surface area contributed by atoms with Gasteiger partial charge in [0.1, 0.15) is 0 Å². The molecule has 0 bridgehead atoms. The summed E-state index contributed by atoms with van der Waals surface area (Å²) in [6, 6.07) is 6.78. The Morgan fingerprint density at radius 1 is 1.18 bits per heavy atom. The van der Waals surface area contributed by atoms with Crippen molar-refractivity contribution in [3.63, 3.8) is 0 Å². The minimum Gasteiger partial charge on any atom is -0.263 e. The highest BCUT2D eigenvalue weighted by Crippen LogP contribution is 2.30. The Kier molecular flexibility index (Phi) is 3.54. The molecule has 2 rings (SSSR count). The number of hydrogen-bond acceptors (Lipinski definition) is 3. The van der Waals surface area contributed by atoms with Gasteiger partial charge in [-0.1, -0.05) is 31.0 Å². The van der Waals surface area contributed by atoms with Crippen LogP contribution in [0.1, 0.15) is 31.7 Å². The Morgan fingerprint density at radius 2 is 1.82 bits per heavy atom. The van der Waals surface area contributed by atoms with E-state index in [2.05, 4.69) is 0 Å². The molecule has 1 aliphatic carbocycles. The van der Waals surface area contributed by atoms with Crippen molar-refractivity contribution in [2.75, 3.05) is 0 Å². The van der Waals surface area contributed by atoms with Crippen LogP contribution in [0.3, 0.4) is 0 Å². The fraction of sp³-hybridized carbons (Fsp3) is 0.538. The second-order valence-corrected chi connectivity index (χ2v) is 6.38. The maximum Gasteiger partial charge on any atom is 0.297 e. The molecule has 1 fully saturated rings. The molecule has 0 N–H and O–H groups in total. The van der Waals surface area contributed by atoms with Gasteiger partial charge < -0.3 is 0 Å². The van der Waals surface area contributed by atoms with Crippen LogP contribution >= 0.6 is 0 Å². The third kappa shape index (κ3) is 2.87. The molecule has 17 heavy (non-hydrogen) atoms. The topological polar surface area (TPSA) is 43.4 Å². The molecule has 3 nitrogen and oxygen atoms in total. The Balaban J connectivity index is 2.16. The maximum absolute atomic E-state index is 12.0. The molecule has 94 valence electrons. The van der Waals surface area contributed by atoms with Gasteiger partial charge in [0.05, 0.1) is 11.0 Å². The summed E-state index contributed by atoms with van der Waals surface area (Å²) in [5.41, 5.74) is 1.04. The van der Waals surface area contributed by atoms with Crippen LogP contribution in [0.25, 0.3) is 0 Å². The molecule has 1 aliphatic rings. The number of benzene rings is 1. The zero-order valence-corrected chi connectivity index (χ0v) is 11.0. The molecule has 0 spiro atoms. The van der Waals surface area contributed by atoms with Gasteiger partial charge in [0.2, 0.25) is 0 Å². The zero-order valence-electron chi connectivity index (χ0n) is 10.2. The first kappa shape index (κ1) is 12.6. The van der Waals surface area contributed by atoms with Gasteiger partial charge >= 0.3 is 0 Å². The Morgan fingerprint density at radius 3 is 2.35 bits per heavy atom. The second kappa shape index (κ2) is 4.78. The van der Waals surface area contributed by atoms with E-state index < -0.39 is 10.1 Å². The van der Waals surface area contributed by atoms with Gasteiger partial charge in [0, 0.05) is 0 Å². The number of hydrogen-bond donors (Lipinski definition) is 0. The molecule has 2 atom stereocenters. The van der Waals surface area contributed by atoms with Crippen LogP contribution in [0.2, 0.25) is 0 Å². The predicted octanol–water partition coefficient (Wildman–Crippen LogP) is 2.89. The van der Waals surface area contributed by atoms with Crippen LogP contribution in [0, 0.1) is 12.8 Å². The highest BCUT2D eigenvalue weighted by molar-refractivity contribution is 7.86. The molecule has 1 aromatic rings. The highest BCUT2D eigenvalue weighted by Gasteiger charge is 2.29. The minimum absolute atomic E-state index is 0.152. The summed E-state index contributed by atoms with van der Waals surface area (Å²) in [4.78, 5) is 0.252. The van der Waals surface area contributed by atoms with Crippen molar-refractivity contribution in [2.45, 2.75) is 44.1 Å². The first-order valence-electron chi connectivity index (χ1n) is 5.99. The SMILES string of the molecule is Cc1ccc(S(=O)(=O)O[C@@H]2CCC[C@@H]2C)cc1. The van der Waals surface area contributed by atoms with E-state index in [-0.39, 0.29) is 11.0 Å². The molecular formula is C13H18O3S. The summed E-state index contributed by atoms with van der Waals surface area (Å²) < 4.78 is 29.4. The molecule has 1 aromatic carbocycles. The van der Waals surface area contributed by atoms with Crippen LogP contribution in [0.15, 0.2) is 29.2 Å². The lowest BCUT2D eigenvalue weighted by atomic mass is 10.1. The predicted molar refractivity (Wildman–Crippen MR) is 66.3 cm³/mol. The van der Waals surface area contributed by atoms with Crippen molar-refractivity contribution >= 4 is 10.1 Å². The van der Waals surface area contributed by atoms with Gasteiger partial charge in [-0.2, -0.15) is 8.42 Å². The number of rotatable bonds is 3. The summed E-state index contributed by atoms with van der Waals surface area (Å²) in [6.45, 7) is 3.97. The quantitative estimate of drug-likeness (QED) is 0.779. The Labute approximate surface area is 103 Å². The summed E-state index contributed by atoms with van der Waals surface area (Å²) in [5, 5.41) is 0. The van der Waals surface area contributed by atoms with Crippen LogP contribution in [-0.4, -0.2) is 14.5 Å². The van der Waals surface area contributed by atoms with E-state index in [0.29, 0.717) is 5.92 Å². The summed E-state index contributed by atoms with van der Waals surface area (Å²) in [5.74, 6) is 0.329. The van der Waals surface area contributed by atoms with E-state index in [1.165, 1.54) is 0 Å². The van der Waals surface area contributed by atoms with Crippen LogP contribution in [-0.2, 0) is 14.3 Å². The van der Waals surface area contributed by atoms with E-state index >= 15 is 0 Å². The van der Waals surface area contributed by atoms with Gasteiger partial charge in [0.15, 0.2) is 0 Å². The fourth-order valence-corrected chi connectivity index (χ4v) is 3.37. The molecule has 0 radical (unpaired) electrons. The van der Waals surface area contributed by atoms with Gasteiger partial charge in [-0.15, -0.1) is 0 Å². The highest BCUT2D eigenvalue weighted by atomic mass is 32.2. The van der Waals surface area contributed by atoms with Crippen LogP contribution < -0.4 is 0 Å². The number of aryl methyl sites for hydroxylation is 1. The van der Waals surface area contributed by atoms with Gasteiger partial charge in [0.25, 0.3) is 10.1 Å². The molecule has 0 aliphatic heterocycles. The average Bonchev–Trinajstić information content (AvgIpc) is 2.64. The van der Waals surface area contributed by atoms with Crippen molar-refractivity contribution in [2.24, 2.45) is 5.92 Å². The van der Waals surface area contributed by atoms with Crippen molar-refractivity contribution in [3.05, 3.63) is 29.8 Å². The van der Waals surface area contributed by atoms with Crippen molar-refractivity contribution in [1.29, 1.82) is 0 Å². The molecular weight excluding hydrogens is 236 g/mol. The lowest BCUT2D eigenvalue weighted by Crippen LogP contribution is -2.20. The average molecular weight is 254 g/mol. The van der Waals surface area contributed by atoms with E-state index in [1.807, 2.05) is 13.8 Å². The lowest BCUT2D eigenvalue weighted by Gasteiger charge is -2.16. The van der Waals surface area contributed by atoms with Gasteiger partial charge in [-0.05, 0) is 37.8 Å². The minimum atomic E-state index is -3.59.